The number of rotatable bonds is 2. The summed E-state index contributed by atoms with van der Waals surface area (Å²) in [6.45, 7) is 6.60. The van der Waals surface area contributed by atoms with E-state index in [1.807, 2.05) is 12.1 Å². The summed E-state index contributed by atoms with van der Waals surface area (Å²) in [7, 11) is 0. The summed E-state index contributed by atoms with van der Waals surface area (Å²) in [5.74, 6) is 0.136. The third-order valence-corrected chi connectivity index (χ3v) is 3.76. The summed E-state index contributed by atoms with van der Waals surface area (Å²) >= 11 is 3.48. The van der Waals surface area contributed by atoms with Crippen molar-refractivity contribution in [2.24, 2.45) is 11.1 Å². The minimum absolute atomic E-state index is 0.136. The average molecular weight is 296 g/mol. The Morgan fingerprint density at radius 3 is 2.71 bits per heavy atom. The van der Waals surface area contributed by atoms with E-state index >= 15 is 0 Å². The first kappa shape index (κ1) is 12.4. The zero-order chi connectivity index (χ0) is 12.6. The highest BCUT2D eigenvalue weighted by molar-refractivity contribution is 9.10. The van der Waals surface area contributed by atoms with E-state index in [4.69, 9.17) is 11.1 Å². The Bertz CT molecular complexity index is 454. The molecular formula is C13H18BrN3. The van der Waals surface area contributed by atoms with Crippen molar-refractivity contribution in [1.82, 2.24) is 0 Å². The quantitative estimate of drug-likeness (QED) is 0.651. The van der Waals surface area contributed by atoms with Crippen LogP contribution in [0.3, 0.4) is 0 Å². The summed E-state index contributed by atoms with van der Waals surface area (Å²) < 4.78 is 1.03. The molecule has 3 N–H and O–H groups in total. The molecule has 0 aliphatic carbocycles. The Morgan fingerprint density at radius 1 is 1.47 bits per heavy atom. The van der Waals surface area contributed by atoms with Gasteiger partial charge in [0.05, 0.1) is 0 Å². The van der Waals surface area contributed by atoms with Gasteiger partial charge in [0.25, 0.3) is 0 Å². The van der Waals surface area contributed by atoms with Crippen molar-refractivity contribution in [1.29, 1.82) is 5.41 Å². The van der Waals surface area contributed by atoms with Gasteiger partial charge in [0.1, 0.15) is 5.84 Å². The van der Waals surface area contributed by atoms with Gasteiger partial charge in [0.2, 0.25) is 0 Å². The van der Waals surface area contributed by atoms with Gasteiger partial charge in [-0.05, 0) is 30.0 Å². The first-order valence-electron chi connectivity index (χ1n) is 5.78. The highest BCUT2D eigenvalue weighted by Gasteiger charge is 2.30. The summed E-state index contributed by atoms with van der Waals surface area (Å²) in [4.78, 5) is 2.32. The van der Waals surface area contributed by atoms with Gasteiger partial charge < -0.3 is 10.6 Å². The van der Waals surface area contributed by atoms with E-state index in [9.17, 15) is 0 Å². The third-order valence-electron chi connectivity index (χ3n) is 3.27. The lowest BCUT2D eigenvalue weighted by Gasteiger charge is -2.24. The Morgan fingerprint density at radius 2 is 2.18 bits per heavy atom. The second-order valence-corrected chi connectivity index (χ2v) is 6.33. The van der Waals surface area contributed by atoms with Gasteiger partial charge in [-0.3, -0.25) is 5.41 Å². The maximum absolute atomic E-state index is 7.65. The summed E-state index contributed by atoms with van der Waals surface area (Å²) in [6, 6.07) is 5.90. The normalized spacial score (nSPS) is 18.4. The highest BCUT2D eigenvalue weighted by Crippen LogP contribution is 2.35. The molecule has 0 aromatic heterocycles. The van der Waals surface area contributed by atoms with Gasteiger partial charge >= 0.3 is 0 Å². The van der Waals surface area contributed by atoms with Crippen molar-refractivity contribution in [2.45, 2.75) is 20.3 Å². The molecule has 0 bridgehead atoms. The predicted molar refractivity (Wildman–Crippen MR) is 75.8 cm³/mol. The standard InChI is InChI=1S/C13H18BrN3/c1-13(2)5-6-17(8-13)11-7-9(14)3-4-10(11)12(15)16/h3-4,7H,5-6,8H2,1-2H3,(H3,15,16). The molecule has 17 heavy (non-hydrogen) atoms. The lowest BCUT2D eigenvalue weighted by Crippen LogP contribution is -2.26. The van der Waals surface area contributed by atoms with Crippen LogP contribution in [0.5, 0.6) is 0 Å². The first-order valence-corrected chi connectivity index (χ1v) is 6.57. The zero-order valence-corrected chi connectivity index (χ0v) is 11.8. The van der Waals surface area contributed by atoms with Crippen molar-refractivity contribution >= 4 is 27.5 Å². The van der Waals surface area contributed by atoms with E-state index in [2.05, 4.69) is 40.7 Å². The molecule has 2 rings (SSSR count). The van der Waals surface area contributed by atoms with Crippen LogP contribution >= 0.6 is 15.9 Å². The molecule has 1 fully saturated rings. The van der Waals surface area contributed by atoms with Gasteiger partial charge in [0.15, 0.2) is 0 Å². The number of nitrogen functional groups attached to an aromatic ring is 1. The number of nitrogens with one attached hydrogen (secondary N) is 1. The zero-order valence-electron chi connectivity index (χ0n) is 10.3. The van der Waals surface area contributed by atoms with Crippen molar-refractivity contribution in [3.63, 3.8) is 0 Å². The van der Waals surface area contributed by atoms with Gasteiger partial charge in [-0.1, -0.05) is 29.8 Å². The number of halogens is 1. The average Bonchev–Trinajstić information content (AvgIpc) is 2.58. The molecule has 0 unspecified atom stereocenters. The molecule has 0 amide bonds. The third kappa shape index (κ3) is 2.63. The highest BCUT2D eigenvalue weighted by atomic mass is 79.9. The van der Waals surface area contributed by atoms with Gasteiger partial charge in [-0.25, -0.2) is 0 Å². The number of nitrogens with zero attached hydrogens (tertiary/aromatic N) is 1. The lowest BCUT2D eigenvalue weighted by atomic mass is 9.93. The molecule has 1 saturated heterocycles. The number of benzene rings is 1. The van der Waals surface area contributed by atoms with Crippen molar-refractivity contribution < 1.29 is 0 Å². The van der Waals surface area contributed by atoms with Crippen LogP contribution in [0, 0.1) is 10.8 Å². The largest absolute Gasteiger partial charge is 0.384 e. The number of nitrogens with two attached hydrogens (primary N) is 1. The van der Waals surface area contributed by atoms with E-state index < -0.39 is 0 Å². The van der Waals surface area contributed by atoms with Crippen molar-refractivity contribution in [3.8, 4) is 0 Å². The molecule has 1 aliphatic rings. The Balaban J connectivity index is 2.38. The Hall–Kier alpha value is -1.03. The van der Waals surface area contributed by atoms with Gasteiger partial charge in [-0.15, -0.1) is 0 Å². The summed E-state index contributed by atoms with van der Waals surface area (Å²) in [5.41, 5.74) is 7.88. The minimum Gasteiger partial charge on any atom is -0.384 e. The van der Waals surface area contributed by atoms with E-state index in [-0.39, 0.29) is 5.84 Å². The van der Waals surface area contributed by atoms with Crippen LogP contribution in [0.15, 0.2) is 22.7 Å². The molecule has 1 heterocycles. The molecule has 0 atom stereocenters. The molecule has 1 aromatic carbocycles. The van der Waals surface area contributed by atoms with E-state index in [1.54, 1.807) is 0 Å². The minimum atomic E-state index is 0.136. The molecular weight excluding hydrogens is 278 g/mol. The van der Waals surface area contributed by atoms with Crippen LogP contribution in [0.4, 0.5) is 5.69 Å². The second kappa shape index (κ2) is 4.33. The monoisotopic (exact) mass is 295 g/mol. The van der Waals surface area contributed by atoms with Crippen LogP contribution < -0.4 is 10.6 Å². The van der Waals surface area contributed by atoms with Crippen LogP contribution in [0.1, 0.15) is 25.8 Å². The number of hydrogen-bond donors (Lipinski definition) is 2. The molecule has 0 radical (unpaired) electrons. The molecule has 1 aromatic rings. The van der Waals surface area contributed by atoms with Crippen LogP contribution in [-0.2, 0) is 0 Å². The molecule has 3 nitrogen and oxygen atoms in total. The Labute approximate surface area is 111 Å². The summed E-state index contributed by atoms with van der Waals surface area (Å²) in [5, 5.41) is 7.65. The van der Waals surface area contributed by atoms with Crippen LogP contribution in [0.25, 0.3) is 0 Å². The van der Waals surface area contributed by atoms with Gasteiger partial charge in [-0.2, -0.15) is 0 Å². The molecule has 4 heteroatoms. The fourth-order valence-electron chi connectivity index (χ4n) is 2.31. The number of amidine groups is 1. The fraction of sp³-hybridized carbons (Fsp3) is 0.462. The molecule has 0 saturated carbocycles. The first-order chi connectivity index (χ1) is 7.89. The molecule has 92 valence electrons. The van der Waals surface area contributed by atoms with Crippen LogP contribution in [0.2, 0.25) is 0 Å². The number of anilines is 1. The van der Waals surface area contributed by atoms with Crippen molar-refractivity contribution in [3.05, 3.63) is 28.2 Å². The van der Waals surface area contributed by atoms with Gasteiger partial charge in [0, 0.05) is 28.8 Å². The SMILES string of the molecule is CC1(C)CCN(c2cc(Br)ccc2C(=N)N)C1. The van der Waals surface area contributed by atoms with E-state index in [0.717, 1.165) is 28.8 Å². The Kier molecular flexibility index (Phi) is 3.17. The maximum Gasteiger partial charge on any atom is 0.124 e. The smallest absolute Gasteiger partial charge is 0.124 e. The maximum atomic E-state index is 7.65. The van der Waals surface area contributed by atoms with Crippen LogP contribution in [-0.4, -0.2) is 18.9 Å². The second-order valence-electron chi connectivity index (χ2n) is 5.41. The fourth-order valence-corrected chi connectivity index (χ4v) is 2.66. The molecule has 0 spiro atoms. The van der Waals surface area contributed by atoms with E-state index in [0.29, 0.717) is 5.41 Å². The lowest BCUT2D eigenvalue weighted by molar-refractivity contribution is 0.418. The number of hydrogen-bond acceptors (Lipinski definition) is 2. The van der Waals surface area contributed by atoms with Crippen molar-refractivity contribution in [2.75, 3.05) is 18.0 Å². The summed E-state index contributed by atoms with van der Waals surface area (Å²) in [6.07, 6.45) is 1.18. The van der Waals surface area contributed by atoms with E-state index in [1.165, 1.54) is 6.42 Å². The predicted octanol–water partition coefficient (Wildman–Crippen LogP) is 2.97. The topological polar surface area (TPSA) is 53.1 Å². The molecule has 1 aliphatic heterocycles.